The van der Waals surface area contributed by atoms with Gasteiger partial charge in [0, 0.05) is 18.7 Å². The van der Waals surface area contributed by atoms with E-state index in [1.807, 2.05) is 18.1 Å². The molecule has 1 aliphatic rings. The smallest absolute Gasteiger partial charge is 0.0926 e. The largest absolute Gasteiger partial charge is 0.348 e. The first-order valence-corrected chi connectivity index (χ1v) is 9.42. The van der Waals surface area contributed by atoms with Crippen LogP contribution in [0.4, 0.5) is 0 Å². The third-order valence-corrected chi connectivity index (χ3v) is 5.36. The standard InChI is InChI=1S/C18H25N3S/c1-13-5-6-15(11-14(13)2)18-17-16(19-12-20-17)7-9-21(18)8-4-10-22-3/h5-6,11-12,18H,4,7-10H2,1-3H3,(H,19,20)/t18-/m1/s1. The molecule has 1 aromatic heterocycles. The minimum atomic E-state index is 0.302. The molecule has 0 bridgehead atoms. The molecule has 3 rings (SSSR count). The van der Waals surface area contributed by atoms with Gasteiger partial charge in [-0.1, -0.05) is 18.2 Å². The van der Waals surface area contributed by atoms with Gasteiger partial charge in [-0.25, -0.2) is 4.98 Å². The zero-order chi connectivity index (χ0) is 15.5. The van der Waals surface area contributed by atoms with Crippen LogP contribution < -0.4 is 0 Å². The van der Waals surface area contributed by atoms with E-state index in [1.54, 1.807) is 0 Å². The molecule has 4 heteroatoms. The lowest BCUT2D eigenvalue weighted by atomic mass is 9.93. The molecule has 1 atom stereocenters. The first kappa shape index (κ1) is 15.6. The van der Waals surface area contributed by atoms with Gasteiger partial charge in [-0.15, -0.1) is 0 Å². The van der Waals surface area contributed by atoms with E-state index in [2.05, 4.69) is 53.2 Å². The van der Waals surface area contributed by atoms with E-state index in [9.17, 15) is 0 Å². The SMILES string of the molecule is CSCCCN1CCc2[nH]cnc2[C@H]1c1ccc(C)c(C)c1. The number of nitrogens with one attached hydrogen (secondary N) is 1. The first-order valence-electron chi connectivity index (χ1n) is 8.03. The number of thioether (sulfide) groups is 1. The van der Waals surface area contributed by atoms with Gasteiger partial charge in [0.2, 0.25) is 0 Å². The van der Waals surface area contributed by atoms with Crippen molar-refractivity contribution in [1.82, 2.24) is 14.9 Å². The lowest BCUT2D eigenvalue weighted by Gasteiger charge is -2.35. The number of aryl methyl sites for hydroxylation is 2. The lowest BCUT2D eigenvalue weighted by Crippen LogP contribution is -2.37. The summed E-state index contributed by atoms with van der Waals surface area (Å²) in [5, 5.41) is 0. The molecule has 0 spiro atoms. The molecular weight excluding hydrogens is 290 g/mol. The van der Waals surface area contributed by atoms with Crippen LogP contribution in [0, 0.1) is 13.8 Å². The molecule has 0 fully saturated rings. The van der Waals surface area contributed by atoms with E-state index in [0.717, 1.165) is 19.5 Å². The van der Waals surface area contributed by atoms with Gasteiger partial charge < -0.3 is 4.98 Å². The Labute approximate surface area is 137 Å². The summed E-state index contributed by atoms with van der Waals surface area (Å²) in [4.78, 5) is 10.6. The van der Waals surface area contributed by atoms with E-state index >= 15 is 0 Å². The molecule has 2 heterocycles. The Kier molecular flexibility index (Phi) is 4.89. The van der Waals surface area contributed by atoms with Crippen molar-refractivity contribution in [2.45, 2.75) is 32.7 Å². The zero-order valence-corrected chi connectivity index (χ0v) is 14.5. The van der Waals surface area contributed by atoms with Crippen LogP contribution in [0.3, 0.4) is 0 Å². The second-order valence-electron chi connectivity index (χ2n) is 6.14. The monoisotopic (exact) mass is 315 g/mol. The van der Waals surface area contributed by atoms with Gasteiger partial charge in [-0.05, 0) is 55.5 Å². The van der Waals surface area contributed by atoms with Crippen molar-refractivity contribution in [3.63, 3.8) is 0 Å². The average molecular weight is 315 g/mol. The van der Waals surface area contributed by atoms with Gasteiger partial charge >= 0.3 is 0 Å². The molecule has 0 unspecified atom stereocenters. The summed E-state index contributed by atoms with van der Waals surface area (Å²) in [5.74, 6) is 1.23. The maximum Gasteiger partial charge on any atom is 0.0926 e. The summed E-state index contributed by atoms with van der Waals surface area (Å²) in [7, 11) is 0. The molecule has 0 amide bonds. The Bertz CT molecular complexity index is 635. The van der Waals surface area contributed by atoms with Crippen molar-refractivity contribution in [3.8, 4) is 0 Å². The third-order valence-electron chi connectivity index (χ3n) is 4.67. The number of rotatable bonds is 5. The molecule has 3 nitrogen and oxygen atoms in total. The number of hydrogen-bond acceptors (Lipinski definition) is 3. The normalized spacial score (nSPS) is 18.4. The molecule has 22 heavy (non-hydrogen) atoms. The van der Waals surface area contributed by atoms with Crippen molar-refractivity contribution in [2.24, 2.45) is 0 Å². The molecule has 1 aromatic carbocycles. The molecule has 1 N–H and O–H groups in total. The number of H-pyrrole nitrogens is 1. The maximum absolute atomic E-state index is 4.64. The van der Waals surface area contributed by atoms with Crippen molar-refractivity contribution >= 4 is 11.8 Å². The molecular formula is C18H25N3S. The highest BCUT2D eigenvalue weighted by Crippen LogP contribution is 2.34. The summed E-state index contributed by atoms with van der Waals surface area (Å²) < 4.78 is 0. The first-order chi connectivity index (χ1) is 10.7. The van der Waals surface area contributed by atoms with Crippen LogP contribution in [-0.4, -0.2) is 40.0 Å². The topological polar surface area (TPSA) is 31.9 Å². The van der Waals surface area contributed by atoms with E-state index in [1.165, 1.54) is 40.3 Å². The Balaban J connectivity index is 1.92. The fraction of sp³-hybridized carbons (Fsp3) is 0.500. The van der Waals surface area contributed by atoms with E-state index in [0.29, 0.717) is 6.04 Å². The van der Waals surface area contributed by atoms with Gasteiger partial charge in [-0.3, -0.25) is 4.90 Å². The van der Waals surface area contributed by atoms with Crippen LogP contribution in [-0.2, 0) is 6.42 Å². The quantitative estimate of drug-likeness (QED) is 0.853. The molecule has 0 saturated carbocycles. The highest BCUT2D eigenvalue weighted by Gasteiger charge is 2.30. The zero-order valence-electron chi connectivity index (χ0n) is 13.7. The predicted molar refractivity (Wildman–Crippen MR) is 94.6 cm³/mol. The van der Waals surface area contributed by atoms with E-state index in [4.69, 9.17) is 0 Å². The van der Waals surface area contributed by atoms with Crippen molar-refractivity contribution in [2.75, 3.05) is 25.1 Å². The van der Waals surface area contributed by atoms with Gasteiger partial charge in [0.15, 0.2) is 0 Å². The fourth-order valence-electron chi connectivity index (χ4n) is 3.28. The lowest BCUT2D eigenvalue weighted by molar-refractivity contribution is 0.210. The van der Waals surface area contributed by atoms with E-state index in [-0.39, 0.29) is 0 Å². The number of imidazole rings is 1. The van der Waals surface area contributed by atoms with Gasteiger partial charge in [-0.2, -0.15) is 11.8 Å². The molecule has 118 valence electrons. The third kappa shape index (κ3) is 3.08. The molecule has 0 saturated heterocycles. The highest BCUT2D eigenvalue weighted by atomic mass is 32.2. The van der Waals surface area contributed by atoms with Gasteiger partial charge in [0.05, 0.1) is 18.1 Å². The number of fused-ring (bicyclic) bond motifs is 1. The Morgan fingerprint density at radius 1 is 1.32 bits per heavy atom. The number of benzene rings is 1. The molecule has 0 aliphatic carbocycles. The Morgan fingerprint density at radius 2 is 2.18 bits per heavy atom. The van der Waals surface area contributed by atoms with Crippen LogP contribution in [0.5, 0.6) is 0 Å². The van der Waals surface area contributed by atoms with Crippen LogP contribution in [0.2, 0.25) is 0 Å². The van der Waals surface area contributed by atoms with Crippen molar-refractivity contribution < 1.29 is 0 Å². The van der Waals surface area contributed by atoms with E-state index < -0.39 is 0 Å². The summed E-state index contributed by atoms with van der Waals surface area (Å²) in [5.41, 5.74) is 6.63. The second-order valence-corrected chi connectivity index (χ2v) is 7.13. The summed E-state index contributed by atoms with van der Waals surface area (Å²) in [6, 6.07) is 7.16. The Morgan fingerprint density at radius 3 is 2.95 bits per heavy atom. The van der Waals surface area contributed by atoms with Crippen molar-refractivity contribution in [3.05, 3.63) is 52.6 Å². The van der Waals surface area contributed by atoms with Gasteiger partial charge in [0.25, 0.3) is 0 Å². The molecule has 1 aliphatic heterocycles. The number of aromatic amines is 1. The second kappa shape index (κ2) is 6.88. The molecule has 0 radical (unpaired) electrons. The number of hydrogen-bond donors (Lipinski definition) is 1. The number of aromatic nitrogens is 2. The molecule has 2 aromatic rings. The summed E-state index contributed by atoms with van der Waals surface area (Å²) in [6.07, 6.45) is 6.35. The predicted octanol–water partition coefficient (Wildman–Crippen LogP) is 3.73. The maximum atomic E-state index is 4.64. The highest BCUT2D eigenvalue weighted by molar-refractivity contribution is 7.98. The van der Waals surface area contributed by atoms with Crippen LogP contribution in [0.1, 0.15) is 40.5 Å². The minimum absolute atomic E-state index is 0.302. The minimum Gasteiger partial charge on any atom is -0.348 e. The Hall–Kier alpha value is -1.26. The summed E-state index contributed by atoms with van der Waals surface area (Å²) in [6.45, 7) is 6.63. The van der Waals surface area contributed by atoms with Crippen molar-refractivity contribution in [1.29, 1.82) is 0 Å². The summed E-state index contributed by atoms with van der Waals surface area (Å²) >= 11 is 1.93. The van der Waals surface area contributed by atoms with Crippen LogP contribution >= 0.6 is 11.8 Å². The van der Waals surface area contributed by atoms with Crippen LogP contribution in [0.15, 0.2) is 24.5 Å². The van der Waals surface area contributed by atoms with Gasteiger partial charge in [0.1, 0.15) is 0 Å². The fourth-order valence-corrected chi connectivity index (χ4v) is 3.70. The number of nitrogens with zero attached hydrogens (tertiary/aromatic N) is 2. The average Bonchev–Trinajstić information content (AvgIpc) is 2.98. The van der Waals surface area contributed by atoms with Crippen LogP contribution in [0.25, 0.3) is 0 Å².